The number of carbonyl (C=O) groups is 1. The summed E-state index contributed by atoms with van der Waals surface area (Å²) in [6.07, 6.45) is 0. The molecule has 2 aromatic carbocycles. The van der Waals surface area contributed by atoms with E-state index in [4.69, 9.17) is 9.73 Å². The minimum atomic E-state index is -0.249. The van der Waals surface area contributed by atoms with Crippen LogP contribution in [0.2, 0.25) is 0 Å². The Hall–Kier alpha value is -3.61. The average molecular weight is 434 g/mol. The molecule has 7 nitrogen and oxygen atoms in total. The fourth-order valence-electron chi connectivity index (χ4n) is 3.64. The fraction of sp³-hybridized carbons (Fsp3) is 0.320. The van der Waals surface area contributed by atoms with Crippen LogP contribution in [0.15, 0.2) is 47.5 Å². The Morgan fingerprint density at radius 3 is 2.28 bits per heavy atom. The van der Waals surface area contributed by atoms with E-state index in [-0.39, 0.29) is 5.91 Å². The van der Waals surface area contributed by atoms with Crippen molar-refractivity contribution < 1.29 is 9.53 Å². The van der Waals surface area contributed by atoms with Crippen molar-refractivity contribution in [1.29, 1.82) is 0 Å². The van der Waals surface area contributed by atoms with E-state index < -0.39 is 0 Å². The Balaban J connectivity index is 1.88. The molecule has 0 spiro atoms. The SMILES string of the molecule is CCn1nc(C)c(CN=C(NC(=O)c2ccc(OC)cc2)Nc2cc(C)cc(C)c2)c1C. The summed E-state index contributed by atoms with van der Waals surface area (Å²) >= 11 is 0. The number of guanidine groups is 1. The molecule has 0 atom stereocenters. The molecule has 1 aromatic heterocycles. The van der Waals surface area contributed by atoms with Crippen molar-refractivity contribution in [2.45, 2.75) is 47.7 Å². The zero-order valence-corrected chi connectivity index (χ0v) is 19.6. The van der Waals surface area contributed by atoms with Gasteiger partial charge in [-0.3, -0.25) is 14.8 Å². The third-order valence-corrected chi connectivity index (χ3v) is 5.29. The molecule has 0 bridgehead atoms. The number of nitrogens with zero attached hydrogens (tertiary/aromatic N) is 3. The van der Waals surface area contributed by atoms with Crippen LogP contribution in [-0.2, 0) is 13.1 Å². The van der Waals surface area contributed by atoms with Crippen LogP contribution in [-0.4, -0.2) is 28.8 Å². The number of carbonyl (C=O) groups excluding carboxylic acids is 1. The predicted octanol–water partition coefficient (Wildman–Crippen LogP) is 4.54. The molecule has 7 heteroatoms. The van der Waals surface area contributed by atoms with Crippen LogP contribution in [0.3, 0.4) is 0 Å². The number of hydrogen-bond donors (Lipinski definition) is 2. The van der Waals surface area contributed by atoms with Crippen LogP contribution in [0.25, 0.3) is 0 Å². The Kier molecular flexibility index (Phi) is 7.30. The van der Waals surface area contributed by atoms with Gasteiger partial charge in [0.15, 0.2) is 0 Å². The van der Waals surface area contributed by atoms with Crippen molar-refractivity contribution in [3.8, 4) is 5.75 Å². The monoisotopic (exact) mass is 433 g/mol. The molecule has 0 radical (unpaired) electrons. The molecule has 1 heterocycles. The van der Waals surface area contributed by atoms with Gasteiger partial charge in [0.05, 0.1) is 19.3 Å². The molecule has 3 rings (SSSR count). The maximum atomic E-state index is 12.9. The Morgan fingerprint density at radius 2 is 1.72 bits per heavy atom. The van der Waals surface area contributed by atoms with E-state index in [1.165, 1.54) is 0 Å². The van der Waals surface area contributed by atoms with Gasteiger partial charge < -0.3 is 10.1 Å². The zero-order valence-electron chi connectivity index (χ0n) is 19.6. The number of aliphatic imine (C=N–C) groups is 1. The van der Waals surface area contributed by atoms with E-state index in [0.29, 0.717) is 23.8 Å². The van der Waals surface area contributed by atoms with Crippen molar-refractivity contribution in [2.75, 3.05) is 12.4 Å². The van der Waals surface area contributed by atoms with Crippen molar-refractivity contribution >= 4 is 17.6 Å². The Bertz CT molecular complexity index is 1110. The summed E-state index contributed by atoms with van der Waals surface area (Å²) in [6, 6.07) is 13.1. The van der Waals surface area contributed by atoms with Gasteiger partial charge >= 0.3 is 0 Å². The van der Waals surface area contributed by atoms with Gasteiger partial charge in [0, 0.05) is 29.1 Å². The largest absolute Gasteiger partial charge is 0.497 e. The van der Waals surface area contributed by atoms with Gasteiger partial charge in [-0.25, -0.2) is 4.99 Å². The molecule has 3 aromatic rings. The summed E-state index contributed by atoms with van der Waals surface area (Å²) < 4.78 is 7.14. The summed E-state index contributed by atoms with van der Waals surface area (Å²) in [7, 11) is 1.60. The number of methoxy groups -OCH3 is 1. The normalized spacial score (nSPS) is 11.4. The molecule has 2 N–H and O–H groups in total. The van der Waals surface area contributed by atoms with Crippen molar-refractivity contribution in [1.82, 2.24) is 15.1 Å². The van der Waals surface area contributed by atoms with E-state index in [1.54, 1.807) is 31.4 Å². The lowest BCUT2D eigenvalue weighted by atomic mass is 10.1. The topological polar surface area (TPSA) is 80.5 Å². The fourth-order valence-corrected chi connectivity index (χ4v) is 3.64. The number of rotatable bonds is 6. The number of aryl methyl sites for hydroxylation is 4. The lowest BCUT2D eigenvalue weighted by molar-refractivity contribution is 0.0977. The van der Waals surface area contributed by atoms with Gasteiger partial charge in [-0.2, -0.15) is 5.10 Å². The molecular weight excluding hydrogens is 402 g/mol. The highest BCUT2D eigenvalue weighted by atomic mass is 16.5. The van der Waals surface area contributed by atoms with E-state index in [0.717, 1.165) is 40.3 Å². The van der Waals surface area contributed by atoms with Gasteiger partial charge in [-0.1, -0.05) is 6.07 Å². The minimum Gasteiger partial charge on any atom is -0.497 e. The Morgan fingerprint density at radius 1 is 1.06 bits per heavy atom. The third kappa shape index (κ3) is 5.55. The van der Waals surface area contributed by atoms with Crippen molar-refractivity contribution in [3.63, 3.8) is 0 Å². The number of hydrogen-bond acceptors (Lipinski definition) is 4. The van der Waals surface area contributed by atoms with Crippen LogP contribution in [0.4, 0.5) is 5.69 Å². The third-order valence-electron chi connectivity index (χ3n) is 5.29. The molecular formula is C25H31N5O2. The second-order valence-corrected chi connectivity index (χ2v) is 7.81. The number of amides is 1. The lowest BCUT2D eigenvalue weighted by Gasteiger charge is -2.13. The van der Waals surface area contributed by atoms with Crippen LogP contribution in [0, 0.1) is 27.7 Å². The molecule has 168 valence electrons. The first-order chi connectivity index (χ1) is 15.3. The van der Waals surface area contributed by atoms with Gasteiger partial charge in [0.1, 0.15) is 5.75 Å². The van der Waals surface area contributed by atoms with E-state index in [2.05, 4.69) is 28.7 Å². The van der Waals surface area contributed by atoms with Gasteiger partial charge in [0.2, 0.25) is 5.96 Å². The highest BCUT2D eigenvalue weighted by Crippen LogP contribution is 2.17. The second-order valence-electron chi connectivity index (χ2n) is 7.81. The smallest absolute Gasteiger partial charge is 0.257 e. The number of benzene rings is 2. The van der Waals surface area contributed by atoms with Crippen LogP contribution < -0.4 is 15.4 Å². The number of nitrogens with one attached hydrogen (secondary N) is 2. The second kappa shape index (κ2) is 10.1. The molecule has 0 saturated heterocycles. The van der Waals surface area contributed by atoms with Gasteiger partial charge in [-0.15, -0.1) is 0 Å². The van der Waals surface area contributed by atoms with Crippen LogP contribution in [0.1, 0.15) is 45.4 Å². The first-order valence-corrected chi connectivity index (χ1v) is 10.7. The number of anilines is 1. The maximum Gasteiger partial charge on any atom is 0.257 e. The summed E-state index contributed by atoms with van der Waals surface area (Å²) in [4.78, 5) is 17.6. The van der Waals surface area contributed by atoms with Gasteiger partial charge in [-0.05, 0) is 82.1 Å². The molecule has 0 fully saturated rings. The molecule has 0 saturated carbocycles. The highest BCUT2D eigenvalue weighted by Gasteiger charge is 2.13. The standard InChI is InChI=1S/C25H31N5O2/c1-7-30-19(5)23(18(4)29-30)15-26-25(27-21-13-16(2)12-17(3)14-21)28-24(31)20-8-10-22(32-6)11-9-20/h8-14H,7,15H2,1-6H3,(H2,26,27,28,31). The molecule has 0 aliphatic heterocycles. The number of ether oxygens (including phenoxy) is 1. The summed E-state index contributed by atoms with van der Waals surface area (Å²) in [6.45, 7) is 11.4. The summed E-state index contributed by atoms with van der Waals surface area (Å²) in [5.74, 6) is 0.836. The van der Waals surface area contributed by atoms with Crippen LogP contribution in [0.5, 0.6) is 5.75 Å². The highest BCUT2D eigenvalue weighted by molar-refractivity contribution is 6.10. The average Bonchev–Trinajstić information content (AvgIpc) is 3.04. The maximum absolute atomic E-state index is 12.9. The first kappa shape index (κ1) is 23.1. The molecule has 0 unspecified atom stereocenters. The molecule has 0 aliphatic carbocycles. The quantitative estimate of drug-likeness (QED) is 0.442. The first-order valence-electron chi connectivity index (χ1n) is 10.7. The lowest BCUT2D eigenvalue weighted by Crippen LogP contribution is -2.36. The predicted molar refractivity (Wildman–Crippen MR) is 129 cm³/mol. The van der Waals surface area contributed by atoms with Gasteiger partial charge in [0.25, 0.3) is 5.91 Å². The Labute approximate surface area is 189 Å². The van der Waals surface area contributed by atoms with E-state index in [9.17, 15) is 4.79 Å². The summed E-state index contributed by atoms with van der Waals surface area (Å²) in [5.41, 5.74) is 6.74. The molecule has 32 heavy (non-hydrogen) atoms. The van der Waals surface area contributed by atoms with E-state index >= 15 is 0 Å². The summed E-state index contributed by atoms with van der Waals surface area (Å²) in [5, 5.41) is 10.8. The van der Waals surface area contributed by atoms with E-state index in [1.807, 2.05) is 44.5 Å². The van der Waals surface area contributed by atoms with Crippen molar-refractivity contribution in [2.24, 2.45) is 4.99 Å². The minimum absolute atomic E-state index is 0.249. The zero-order chi connectivity index (χ0) is 23.3. The van der Waals surface area contributed by atoms with Crippen molar-refractivity contribution in [3.05, 3.63) is 76.1 Å². The number of aromatic nitrogens is 2. The molecule has 1 amide bonds. The molecule has 0 aliphatic rings. The van der Waals surface area contributed by atoms with Crippen LogP contribution >= 0.6 is 0 Å².